The van der Waals surface area contributed by atoms with Gasteiger partial charge in [-0.2, -0.15) is 0 Å². The van der Waals surface area contributed by atoms with Crippen molar-refractivity contribution in [2.24, 2.45) is 0 Å². The maximum Gasteiger partial charge on any atom is 0.127 e. The number of hydrogen-bond acceptors (Lipinski definition) is 3. The molecule has 0 aromatic heterocycles. The molecule has 0 saturated heterocycles. The third-order valence-corrected chi connectivity index (χ3v) is 3.02. The van der Waals surface area contributed by atoms with E-state index in [1.54, 1.807) is 7.11 Å². The van der Waals surface area contributed by atoms with E-state index in [0.717, 1.165) is 28.1 Å². The number of ether oxygens (including phenoxy) is 2. The summed E-state index contributed by atoms with van der Waals surface area (Å²) in [5.41, 5.74) is 9.96. The Morgan fingerprint density at radius 2 is 1.84 bits per heavy atom. The van der Waals surface area contributed by atoms with Crippen LogP contribution in [-0.4, -0.2) is 20.3 Å². The Morgan fingerprint density at radius 3 is 2.58 bits per heavy atom. The number of rotatable bonds is 5. The van der Waals surface area contributed by atoms with Gasteiger partial charge in [0.1, 0.15) is 12.4 Å². The van der Waals surface area contributed by atoms with Gasteiger partial charge in [-0.25, -0.2) is 0 Å². The van der Waals surface area contributed by atoms with E-state index in [9.17, 15) is 0 Å². The molecule has 19 heavy (non-hydrogen) atoms. The fourth-order valence-corrected chi connectivity index (χ4v) is 1.87. The minimum absolute atomic E-state index is 0.537. The van der Waals surface area contributed by atoms with E-state index in [1.165, 1.54) is 0 Å². The number of aryl methyl sites for hydroxylation is 1. The van der Waals surface area contributed by atoms with Crippen molar-refractivity contribution in [2.45, 2.75) is 6.92 Å². The second-order valence-corrected chi connectivity index (χ2v) is 4.41. The molecule has 100 valence electrons. The van der Waals surface area contributed by atoms with E-state index < -0.39 is 0 Å². The Balaban J connectivity index is 2.30. The molecule has 3 heteroatoms. The van der Waals surface area contributed by atoms with Crippen molar-refractivity contribution in [3.05, 3.63) is 48.0 Å². The van der Waals surface area contributed by atoms with Crippen LogP contribution in [0.3, 0.4) is 0 Å². The van der Waals surface area contributed by atoms with Gasteiger partial charge in [-0.1, -0.05) is 30.3 Å². The molecular weight excluding hydrogens is 238 g/mol. The van der Waals surface area contributed by atoms with E-state index in [4.69, 9.17) is 15.2 Å². The van der Waals surface area contributed by atoms with Crippen molar-refractivity contribution < 1.29 is 9.47 Å². The first-order chi connectivity index (χ1) is 9.22. The second kappa shape index (κ2) is 6.25. The summed E-state index contributed by atoms with van der Waals surface area (Å²) in [6, 6.07) is 14.0. The minimum atomic E-state index is 0.537. The van der Waals surface area contributed by atoms with Crippen LogP contribution in [0.4, 0.5) is 5.69 Å². The quantitative estimate of drug-likeness (QED) is 0.660. The van der Waals surface area contributed by atoms with Gasteiger partial charge < -0.3 is 15.2 Å². The molecule has 0 aliphatic carbocycles. The molecule has 0 fully saturated rings. The highest BCUT2D eigenvalue weighted by Crippen LogP contribution is 2.31. The molecule has 0 atom stereocenters. The fourth-order valence-electron chi connectivity index (χ4n) is 1.87. The lowest BCUT2D eigenvalue weighted by Crippen LogP contribution is -2.05. The molecular formula is C16H19NO2. The number of para-hydroxylation sites is 1. The van der Waals surface area contributed by atoms with E-state index in [-0.39, 0.29) is 0 Å². The number of nitrogens with two attached hydrogens (primary N) is 1. The average molecular weight is 257 g/mol. The lowest BCUT2D eigenvalue weighted by Gasteiger charge is -2.12. The van der Waals surface area contributed by atoms with Crippen molar-refractivity contribution >= 4 is 5.69 Å². The zero-order valence-corrected chi connectivity index (χ0v) is 11.3. The van der Waals surface area contributed by atoms with Gasteiger partial charge in [0.05, 0.1) is 6.61 Å². The molecule has 0 heterocycles. The molecule has 2 aromatic carbocycles. The van der Waals surface area contributed by atoms with Gasteiger partial charge in [0.15, 0.2) is 0 Å². The molecule has 2 N–H and O–H groups in total. The molecule has 2 rings (SSSR count). The highest BCUT2D eigenvalue weighted by molar-refractivity contribution is 5.73. The topological polar surface area (TPSA) is 44.5 Å². The molecule has 0 aliphatic heterocycles. The summed E-state index contributed by atoms with van der Waals surface area (Å²) in [5.74, 6) is 0.850. The summed E-state index contributed by atoms with van der Waals surface area (Å²) in [6.07, 6.45) is 0. The van der Waals surface area contributed by atoms with E-state index in [2.05, 4.69) is 6.07 Å². The number of methoxy groups -OCH3 is 1. The predicted molar refractivity (Wildman–Crippen MR) is 78.4 cm³/mol. The van der Waals surface area contributed by atoms with Gasteiger partial charge in [0.2, 0.25) is 0 Å². The van der Waals surface area contributed by atoms with Crippen LogP contribution < -0.4 is 10.5 Å². The van der Waals surface area contributed by atoms with Gasteiger partial charge in [0.25, 0.3) is 0 Å². The Labute approximate surface area is 114 Å². The highest BCUT2D eigenvalue weighted by atomic mass is 16.5. The Hall–Kier alpha value is -2.00. The van der Waals surface area contributed by atoms with Crippen LogP contribution in [-0.2, 0) is 4.74 Å². The molecule has 0 spiro atoms. The standard InChI is InChI=1S/C16H19NO2/c1-12-7-8-13(11-15(12)17)14-5-3-4-6-16(14)19-10-9-18-2/h3-8,11H,9-10,17H2,1-2H3. The summed E-state index contributed by atoms with van der Waals surface area (Å²) in [6.45, 7) is 3.11. The Bertz CT molecular complexity index is 552. The van der Waals surface area contributed by atoms with Crippen molar-refractivity contribution in [2.75, 3.05) is 26.1 Å². The van der Waals surface area contributed by atoms with E-state index in [1.807, 2.05) is 43.3 Å². The number of nitrogen functional groups attached to an aromatic ring is 1. The summed E-state index contributed by atoms with van der Waals surface area (Å²) in [5, 5.41) is 0. The molecule has 0 amide bonds. The van der Waals surface area contributed by atoms with Crippen LogP contribution in [0.1, 0.15) is 5.56 Å². The zero-order chi connectivity index (χ0) is 13.7. The average Bonchev–Trinajstić information content (AvgIpc) is 2.43. The Kier molecular flexibility index (Phi) is 4.42. The molecule has 3 nitrogen and oxygen atoms in total. The van der Waals surface area contributed by atoms with Crippen molar-refractivity contribution in [3.63, 3.8) is 0 Å². The SMILES string of the molecule is COCCOc1ccccc1-c1ccc(C)c(N)c1. The highest BCUT2D eigenvalue weighted by Gasteiger charge is 2.06. The van der Waals surface area contributed by atoms with Gasteiger partial charge >= 0.3 is 0 Å². The summed E-state index contributed by atoms with van der Waals surface area (Å²) < 4.78 is 10.7. The van der Waals surface area contributed by atoms with Gasteiger partial charge in [-0.3, -0.25) is 0 Å². The van der Waals surface area contributed by atoms with Crippen LogP contribution in [0.25, 0.3) is 11.1 Å². The monoisotopic (exact) mass is 257 g/mol. The maximum absolute atomic E-state index is 5.97. The van der Waals surface area contributed by atoms with E-state index >= 15 is 0 Å². The molecule has 0 bridgehead atoms. The van der Waals surface area contributed by atoms with Crippen LogP contribution in [0.2, 0.25) is 0 Å². The number of anilines is 1. The largest absolute Gasteiger partial charge is 0.491 e. The lowest BCUT2D eigenvalue weighted by atomic mass is 10.0. The zero-order valence-electron chi connectivity index (χ0n) is 11.3. The third kappa shape index (κ3) is 3.26. The van der Waals surface area contributed by atoms with Crippen molar-refractivity contribution in [1.82, 2.24) is 0 Å². The first-order valence-corrected chi connectivity index (χ1v) is 6.29. The van der Waals surface area contributed by atoms with E-state index in [0.29, 0.717) is 13.2 Å². The second-order valence-electron chi connectivity index (χ2n) is 4.41. The molecule has 2 aromatic rings. The first-order valence-electron chi connectivity index (χ1n) is 6.29. The third-order valence-electron chi connectivity index (χ3n) is 3.02. The van der Waals surface area contributed by atoms with Crippen LogP contribution in [0, 0.1) is 6.92 Å². The number of hydrogen-bond donors (Lipinski definition) is 1. The Morgan fingerprint density at radius 1 is 1.05 bits per heavy atom. The fraction of sp³-hybridized carbons (Fsp3) is 0.250. The normalized spacial score (nSPS) is 10.4. The van der Waals surface area contributed by atoms with Gasteiger partial charge in [-0.15, -0.1) is 0 Å². The van der Waals surface area contributed by atoms with Crippen LogP contribution in [0.5, 0.6) is 5.75 Å². The van der Waals surface area contributed by atoms with Crippen molar-refractivity contribution in [3.8, 4) is 16.9 Å². The first kappa shape index (κ1) is 13.4. The lowest BCUT2D eigenvalue weighted by molar-refractivity contribution is 0.146. The minimum Gasteiger partial charge on any atom is -0.491 e. The summed E-state index contributed by atoms with van der Waals surface area (Å²) in [4.78, 5) is 0. The summed E-state index contributed by atoms with van der Waals surface area (Å²) >= 11 is 0. The van der Waals surface area contributed by atoms with Gasteiger partial charge in [-0.05, 0) is 30.2 Å². The molecule has 0 radical (unpaired) electrons. The van der Waals surface area contributed by atoms with Gasteiger partial charge in [0, 0.05) is 18.4 Å². The van der Waals surface area contributed by atoms with Crippen molar-refractivity contribution in [1.29, 1.82) is 0 Å². The molecule has 0 saturated carbocycles. The summed E-state index contributed by atoms with van der Waals surface area (Å²) in [7, 11) is 1.66. The number of benzene rings is 2. The molecule has 0 unspecified atom stereocenters. The maximum atomic E-state index is 5.97. The van der Waals surface area contributed by atoms with Crippen LogP contribution >= 0.6 is 0 Å². The van der Waals surface area contributed by atoms with Crippen LogP contribution in [0.15, 0.2) is 42.5 Å². The predicted octanol–water partition coefficient (Wildman–Crippen LogP) is 3.27. The smallest absolute Gasteiger partial charge is 0.127 e. The molecule has 0 aliphatic rings.